The van der Waals surface area contributed by atoms with Gasteiger partial charge in [0.05, 0.1) is 10.8 Å². The zero-order valence-electron chi connectivity index (χ0n) is 15.3. The highest BCUT2D eigenvalue weighted by Gasteiger charge is 2.28. The normalized spacial score (nSPS) is 17.6. The minimum atomic E-state index is -3.78. The van der Waals surface area contributed by atoms with Crippen molar-refractivity contribution in [1.29, 1.82) is 0 Å². The number of ether oxygens (including phenoxy) is 1. The third kappa shape index (κ3) is 3.75. The third-order valence-corrected chi connectivity index (χ3v) is 5.83. The average molecular weight is 389 g/mol. The van der Waals surface area contributed by atoms with E-state index in [-0.39, 0.29) is 10.8 Å². The number of allylic oxidation sites excluding steroid dienone is 1. The Balaban J connectivity index is 1.71. The molecule has 0 aliphatic carbocycles. The van der Waals surface area contributed by atoms with Crippen molar-refractivity contribution < 1.29 is 13.2 Å². The molecule has 0 N–H and O–H groups in total. The molecule has 4 rings (SSSR count). The van der Waals surface area contributed by atoms with Crippen LogP contribution in [0, 0.1) is 6.92 Å². The highest BCUT2D eigenvalue weighted by atomic mass is 32.2. The quantitative estimate of drug-likeness (QED) is 0.592. The number of nitrogens with zero attached hydrogens (tertiary/aromatic N) is 1. The van der Waals surface area contributed by atoms with Gasteiger partial charge in [0.15, 0.2) is 0 Å². The Morgan fingerprint density at radius 3 is 2.32 bits per heavy atom. The maximum Gasteiger partial charge on any atom is 0.282 e. The molecule has 0 radical (unpaired) electrons. The molecule has 0 aromatic heterocycles. The van der Waals surface area contributed by atoms with Gasteiger partial charge in [0.1, 0.15) is 11.5 Å². The zero-order chi connectivity index (χ0) is 19.6. The molecule has 4 nitrogen and oxygen atoms in total. The van der Waals surface area contributed by atoms with Crippen LogP contribution in [0.5, 0.6) is 5.75 Å². The van der Waals surface area contributed by atoms with Gasteiger partial charge in [-0.1, -0.05) is 66.2 Å². The van der Waals surface area contributed by atoms with Gasteiger partial charge in [-0.3, -0.25) is 0 Å². The molecule has 0 amide bonds. The summed E-state index contributed by atoms with van der Waals surface area (Å²) in [5.74, 6) is 1.00. The van der Waals surface area contributed by atoms with E-state index in [0.29, 0.717) is 11.5 Å². The molecule has 5 heteroatoms. The van der Waals surface area contributed by atoms with E-state index in [2.05, 4.69) is 4.40 Å². The van der Waals surface area contributed by atoms with Crippen LogP contribution in [0.3, 0.4) is 0 Å². The molecule has 1 aliphatic rings. The minimum Gasteiger partial charge on any atom is -0.460 e. The van der Waals surface area contributed by atoms with E-state index in [0.717, 1.165) is 16.7 Å². The van der Waals surface area contributed by atoms with Crippen LogP contribution in [0.1, 0.15) is 22.6 Å². The second-order valence-corrected chi connectivity index (χ2v) is 8.25. The molecule has 140 valence electrons. The van der Waals surface area contributed by atoms with E-state index in [1.807, 2.05) is 67.6 Å². The average Bonchev–Trinajstić information content (AvgIpc) is 3.04. The standard InChI is InChI=1S/C23H19NO3S/c1-17-11-13-19(14-12-17)28(25,26)24-16-21-20-9-5-6-10-22(20)27-23(21)15-18-7-3-2-4-8-18/h2-16,21H,1H3/b23-15-,24-16?. The molecule has 28 heavy (non-hydrogen) atoms. The molecule has 1 heterocycles. The summed E-state index contributed by atoms with van der Waals surface area (Å²) in [7, 11) is -3.78. The van der Waals surface area contributed by atoms with Crippen molar-refractivity contribution in [3.05, 3.63) is 101 Å². The topological polar surface area (TPSA) is 55.7 Å². The number of sulfonamides is 1. The van der Waals surface area contributed by atoms with Crippen molar-refractivity contribution in [2.45, 2.75) is 17.7 Å². The Kier molecular flexibility index (Phi) is 4.84. The van der Waals surface area contributed by atoms with Crippen molar-refractivity contribution in [3.63, 3.8) is 0 Å². The van der Waals surface area contributed by atoms with Gasteiger partial charge in [0, 0.05) is 11.8 Å². The SMILES string of the molecule is Cc1ccc(S(=O)(=O)N=CC2/C(=C/c3ccccc3)Oc3ccccc32)cc1. The molecule has 1 unspecified atom stereocenters. The fourth-order valence-electron chi connectivity index (χ4n) is 3.07. The largest absolute Gasteiger partial charge is 0.460 e. The second-order valence-electron chi connectivity index (χ2n) is 6.62. The number of benzene rings is 3. The van der Waals surface area contributed by atoms with Crippen LogP contribution in [-0.2, 0) is 10.0 Å². The van der Waals surface area contributed by atoms with Gasteiger partial charge in [0.25, 0.3) is 10.0 Å². The maximum atomic E-state index is 12.6. The number of para-hydroxylation sites is 1. The summed E-state index contributed by atoms with van der Waals surface area (Å²) in [6, 6.07) is 24.0. The molecular weight excluding hydrogens is 370 g/mol. The Morgan fingerprint density at radius 2 is 1.57 bits per heavy atom. The monoisotopic (exact) mass is 389 g/mol. The van der Waals surface area contributed by atoms with Gasteiger partial charge in [-0.2, -0.15) is 12.8 Å². The summed E-state index contributed by atoms with van der Waals surface area (Å²) in [5, 5.41) is 0. The lowest BCUT2D eigenvalue weighted by Gasteiger charge is -2.06. The summed E-state index contributed by atoms with van der Waals surface area (Å²) in [6.45, 7) is 1.91. The first-order valence-corrected chi connectivity index (χ1v) is 10.4. The van der Waals surface area contributed by atoms with Gasteiger partial charge in [0.2, 0.25) is 0 Å². The Bertz CT molecular complexity index is 1150. The number of aryl methyl sites for hydroxylation is 1. The predicted molar refractivity (Wildman–Crippen MR) is 111 cm³/mol. The second kappa shape index (κ2) is 7.44. The first-order valence-electron chi connectivity index (χ1n) is 8.93. The van der Waals surface area contributed by atoms with E-state index in [1.165, 1.54) is 6.21 Å². The van der Waals surface area contributed by atoms with Crippen molar-refractivity contribution in [1.82, 2.24) is 0 Å². The van der Waals surface area contributed by atoms with Crippen LogP contribution >= 0.6 is 0 Å². The molecule has 0 fully saturated rings. The van der Waals surface area contributed by atoms with Crippen LogP contribution in [-0.4, -0.2) is 14.6 Å². The van der Waals surface area contributed by atoms with Crippen LogP contribution in [0.25, 0.3) is 6.08 Å². The molecule has 1 atom stereocenters. The highest BCUT2D eigenvalue weighted by molar-refractivity contribution is 7.90. The third-order valence-electron chi connectivity index (χ3n) is 4.56. The van der Waals surface area contributed by atoms with Gasteiger partial charge >= 0.3 is 0 Å². The van der Waals surface area contributed by atoms with Gasteiger partial charge < -0.3 is 4.74 Å². The van der Waals surface area contributed by atoms with Crippen molar-refractivity contribution in [2.75, 3.05) is 0 Å². The van der Waals surface area contributed by atoms with E-state index in [4.69, 9.17) is 4.74 Å². The van der Waals surface area contributed by atoms with Gasteiger partial charge in [-0.15, -0.1) is 0 Å². The molecule has 3 aromatic rings. The number of rotatable bonds is 4. The molecular formula is C23H19NO3S. The lowest BCUT2D eigenvalue weighted by Crippen LogP contribution is -2.04. The van der Waals surface area contributed by atoms with Crippen molar-refractivity contribution >= 4 is 22.3 Å². The first kappa shape index (κ1) is 18.2. The summed E-state index contributed by atoms with van der Waals surface area (Å²) in [5.41, 5.74) is 2.87. The van der Waals surface area contributed by atoms with E-state index in [1.54, 1.807) is 24.3 Å². The highest BCUT2D eigenvalue weighted by Crippen LogP contribution is 2.40. The number of hydrogen-bond donors (Lipinski definition) is 0. The van der Waals surface area contributed by atoms with Crippen LogP contribution < -0.4 is 4.74 Å². The summed E-state index contributed by atoms with van der Waals surface area (Å²) < 4.78 is 35.2. The van der Waals surface area contributed by atoms with Gasteiger partial charge in [-0.05, 0) is 36.8 Å². The summed E-state index contributed by atoms with van der Waals surface area (Å²) in [4.78, 5) is 0.176. The zero-order valence-corrected chi connectivity index (χ0v) is 16.1. The summed E-state index contributed by atoms with van der Waals surface area (Å²) in [6.07, 6.45) is 3.37. The Hall–Kier alpha value is -3.18. The molecule has 0 saturated heterocycles. The van der Waals surface area contributed by atoms with Crippen LogP contribution in [0.2, 0.25) is 0 Å². The Morgan fingerprint density at radius 1 is 0.893 bits per heavy atom. The maximum absolute atomic E-state index is 12.6. The van der Waals surface area contributed by atoms with Crippen LogP contribution in [0.15, 0.2) is 93.9 Å². The van der Waals surface area contributed by atoms with E-state index in [9.17, 15) is 8.42 Å². The molecule has 0 bridgehead atoms. The molecule has 0 saturated carbocycles. The van der Waals surface area contributed by atoms with E-state index < -0.39 is 10.0 Å². The number of fused-ring (bicyclic) bond motifs is 1. The first-order chi connectivity index (χ1) is 13.5. The van der Waals surface area contributed by atoms with Crippen LogP contribution in [0.4, 0.5) is 0 Å². The minimum absolute atomic E-state index is 0.176. The smallest absolute Gasteiger partial charge is 0.282 e. The molecule has 0 spiro atoms. The van der Waals surface area contributed by atoms with Crippen molar-refractivity contribution in [2.24, 2.45) is 4.40 Å². The molecule has 3 aromatic carbocycles. The van der Waals surface area contributed by atoms with Crippen molar-refractivity contribution in [3.8, 4) is 5.75 Å². The lowest BCUT2D eigenvalue weighted by atomic mass is 9.99. The fraction of sp³-hybridized carbons (Fsp3) is 0.0870. The Labute approximate surface area is 164 Å². The number of hydrogen-bond acceptors (Lipinski definition) is 3. The van der Waals surface area contributed by atoms with E-state index >= 15 is 0 Å². The predicted octanol–water partition coefficient (Wildman–Crippen LogP) is 4.97. The lowest BCUT2D eigenvalue weighted by molar-refractivity contribution is 0.447. The summed E-state index contributed by atoms with van der Waals surface area (Å²) >= 11 is 0. The molecule has 1 aliphatic heterocycles. The van der Waals surface area contributed by atoms with Gasteiger partial charge in [-0.25, -0.2) is 0 Å². The fourth-order valence-corrected chi connectivity index (χ4v) is 3.96.